The number of rotatable bonds is 4. The van der Waals surface area contributed by atoms with Gasteiger partial charge in [-0.15, -0.1) is 0 Å². The Bertz CT molecular complexity index is 842. The second-order valence-corrected chi connectivity index (χ2v) is 7.16. The summed E-state index contributed by atoms with van der Waals surface area (Å²) >= 11 is 0. The van der Waals surface area contributed by atoms with Gasteiger partial charge in [-0.2, -0.15) is 0 Å². The molecule has 1 aliphatic heterocycles. The van der Waals surface area contributed by atoms with E-state index in [4.69, 9.17) is 4.74 Å². The molecule has 6 heteroatoms. The van der Waals surface area contributed by atoms with Gasteiger partial charge in [0.05, 0.1) is 7.11 Å². The molecule has 28 heavy (non-hydrogen) atoms. The number of benzene rings is 2. The van der Waals surface area contributed by atoms with Gasteiger partial charge in [0, 0.05) is 43.3 Å². The first-order chi connectivity index (χ1) is 13.5. The monoisotopic (exact) mass is 381 g/mol. The summed E-state index contributed by atoms with van der Waals surface area (Å²) in [6, 6.07) is 15.4. The SMILES string of the molecule is COc1ccccc1-c1cccc(C(=O)N2CCN(C(=O)NC(C)C)CC2)c1. The van der Waals surface area contributed by atoms with E-state index in [1.54, 1.807) is 16.9 Å². The van der Waals surface area contributed by atoms with Crippen LogP contribution in [-0.4, -0.2) is 61.1 Å². The van der Waals surface area contributed by atoms with Crippen LogP contribution in [0, 0.1) is 0 Å². The molecule has 0 radical (unpaired) electrons. The zero-order valence-electron chi connectivity index (χ0n) is 16.6. The molecule has 0 atom stereocenters. The maximum Gasteiger partial charge on any atom is 0.317 e. The molecule has 0 aromatic heterocycles. The average molecular weight is 381 g/mol. The van der Waals surface area contributed by atoms with E-state index >= 15 is 0 Å². The molecule has 0 unspecified atom stereocenters. The Kier molecular flexibility index (Phi) is 6.19. The van der Waals surface area contributed by atoms with Crippen molar-refractivity contribution >= 4 is 11.9 Å². The summed E-state index contributed by atoms with van der Waals surface area (Å²) < 4.78 is 5.44. The van der Waals surface area contributed by atoms with Crippen molar-refractivity contribution in [1.82, 2.24) is 15.1 Å². The van der Waals surface area contributed by atoms with Gasteiger partial charge in [0.25, 0.3) is 5.91 Å². The Morgan fingerprint density at radius 2 is 1.64 bits per heavy atom. The number of para-hydroxylation sites is 1. The molecule has 2 aromatic rings. The number of hydrogen-bond donors (Lipinski definition) is 1. The van der Waals surface area contributed by atoms with Crippen molar-refractivity contribution in [3.8, 4) is 16.9 Å². The lowest BCUT2D eigenvalue weighted by atomic mass is 10.0. The lowest BCUT2D eigenvalue weighted by molar-refractivity contribution is 0.0664. The van der Waals surface area contributed by atoms with Crippen LogP contribution in [0.2, 0.25) is 0 Å². The first-order valence-electron chi connectivity index (χ1n) is 9.57. The number of nitrogens with one attached hydrogen (secondary N) is 1. The number of hydrogen-bond acceptors (Lipinski definition) is 3. The molecule has 1 heterocycles. The Morgan fingerprint density at radius 3 is 2.32 bits per heavy atom. The minimum absolute atomic E-state index is 0.0133. The number of carbonyl (C=O) groups excluding carboxylic acids is 2. The Labute approximate surface area is 166 Å². The summed E-state index contributed by atoms with van der Waals surface area (Å²) in [6.45, 7) is 6.01. The molecule has 1 N–H and O–H groups in total. The van der Waals surface area contributed by atoms with Crippen molar-refractivity contribution in [3.63, 3.8) is 0 Å². The van der Waals surface area contributed by atoms with Crippen LogP contribution in [0.3, 0.4) is 0 Å². The van der Waals surface area contributed by atoms with Crippen LogP contribution >= 0.6 is 0 Å². The van der Waals surface area contributed by atoms with E-state index in [2.05, 4.69) is 5.32 Å². The highest BCUT2D eigenvalue weighted by Crippen LogP contribution is 2.30. The van der Waals surface area contributed by atoms with E-state index in [0.29, 0.717) is 31.7 Å². The molecular formula is C22H27N3O3. The Morgan fingerprint density at radius 1 is 0.964 bits per heavy atom. The predicted octanol–water partition coefficient (Wildman–Crippen LogP) is 3.24. The smallest absolute Gasteiger partial charge is 0.317 e. The topological polar surface area (TPSA) is 61.9 Å². The van der Waals surface area contributed by atoms with E-state index in [1.165, 1.54) is 0 Å². The standard InChI is InChI=1S/C22H27N3O3/c1-16(2)23-22(27)25-13-11-24(12-14-25)21(26)18-8-6-7-17(15-18)19-9-4-5-10-20(19)28-3/h4-10,15-16H,11-14H2,1-3H3,(H,23,27). The van der Waals surface area contributed by atoms with Gasteiger partial charge in [-0.1, -0.05) is 30.3 Å². The number of ether oxygens (including phenoxy) is 1. The fourth-order valence-corrected chi connectivity index (χ4v) is 3.34. The molecule has 1 aliphatic rings. The first kappa shape index (κ1) is 19.7. The molecule has 0 aliphatic carbocycles. The molecule has 0 spiro atoms. The predicted molar refractivity (Wildman–Crippen MR) is 110 cm³/mol. The van der Waals surface area contributed by atoms with Crippen LogP contribution in [0.1, 0.15) is 24.2 Å². The normalized spacial score (nSPS) is 14.1. The van der Waals surface area contributed by atoms with E-state index < -0.39 is 0 Å². The number of piperazine rings is 1. The number of methoxy groups -OCH3 is 1. The van der Waals surface area contributed by atoms with Crippen LogP contribution in [0.4, 0.5) is 4.79 Å². The number of urea groups is 1. The summed E-state index contributed by atoms with van der Waals surface area (Å²) in [5.41, 5.74) is 2.54. The van der Waals surface area contributed by atoms with Crippen molar-refractivity contribution in [3.05, 3.63) is 54.1 Å². The van der Waals surface area contributed by atoms with Gasteiger partial charge in [-0.05, 0) is 37.6 Å². The van der Waals surface area contributed by atoms with E-state index in [1.807, 2.05) is 62.4 Å². The third kappa shape index (κ3) is 4.44. The zero-order valence-corrected chi connectivity index (χ0v) is 16.6. The molecule has 0 bridgehead atoms. The van der Waals surface area contributed by atoms with Crippen LogP contribution in [0.15, 0.2) is 48.5 Å². The zero-order chi connectivity index (χ0) is 20.1. The van der Waals surface area contributed by atoms with Crippen LogP contribution < -0.4 is 10.1 Å². The highest BCUT2D eigenvalue weighted by molar-refractivity contribution is 5.96. The first-order valence-corrected chi connectivity index (χ1v) is 9.57. The van der Waals surface area contributed by atoms with Crippen LogP contribution in [-0.2, 0) is 0 Å². The highest BCUT2D eigenvalue weighted by atomic mass is 16.5. The van der Waals surface area contributed by atoms with Crippen molar-refractivity contribution in [2.24, 2.45) is 0 Å². The lowest BCUT2D eigenvalue weighted by Gasteiger charge is -2.35. The van der Waals surface area contributed by atoms with Gasteiger partial charge in [0.1, 0.15) is 5.75 Å². The quantitative estimate of drug-likeness (QED) is 0.884. The maximum atomic E-state index is 13.0. The van der Waals surface area contributed by atoms with Crippen LogP contribution in [0.5, 0.6) is 5.75 Å². The third-order valence-electron chi connectivity index (χ3n) is 4.79. The van der Waals surface area contributed by atoms with E-state index in [0.717, 1.165) is 16.9 Å². The second-order valence-electron chi connectivity index (χ2n) is 7.16. The van der Waals surface area contributed by atoms with Gasteiger partial charge >= 0.3 is 6.03 Å². The van der Waals surface area contributed by atoms with Crippen molar-refractivity contribution in [2.75, 3.05) is 33.3 Å². The van der Waals surface area contributed by atoms with Gasteiger partial charge in [-0.25, -0.2) is 4.79 Å². The Hall–Kier alpha value is -3.02. The molecule has 3 rings (SSSR count). The fourth-order valence-electron chi connectivity index (χ4n) is 3.34. The lowest BCUT2D eigenvalue weighted by Crippen LogP contribution is -2.54. The van der Waals surface area contributed by atoms with Crippen molar-refractivity contribution in [1.29, 1.82) is 0 Å². The molecule has 1 fully saturated rings. The molecule has 6 nitrogen and oxygen atoms in total. The second kappa shape index (κ2) is 8.78. The third-order valence-corrected chi connectivity index (χ3v) is 4.79. The summed E-state index contributed by atoms with van der Waals surface area (Å²) in [7, 11) is 1.64. The molecule has 148 valence electrons. The van der Waals surface area contributed by atoms with Crippen molar-refractivity contribution < 1.29 is 14.3 Å². The molecule has 2 aromatic carbocycles. The molecule has 0 saturated carbocycles. The van der Waals surface area contributed by atoms with Gasteiger partial charge in [0.15, 0.2) is 0 Å². The number of carbonyl (C=O) groups is 2. The summed E-state index contributed by atoms with van der Waals surface area (Å²) in [5.74, 6) is 0.762. The number of nitrogens with zero attached hydrogens (tertiary/aromatic N) is 2. The average Bonchev–Trinajstić information content (AvgIpc) is 2.73. The minimum atomic E-state index is -0.0692. The molecule has 1 saturated heterocycles. The largest absolute Gasteiger partial charge is 0.496 e. The summed E-state index contributed by atoms with van der Waals surface area (Å²) in [5, 5.41) is 2.90. The van der Waals surface area contributed by atoms with Crippen molar-refractivity contribution in [2.45, 2.75) is 19.9 Å². The Balaban J connectivity index is 1.70. The summed E-state index contributed by atoms with van der Waals surface area (Å²) in [4.78, 5) is 28.6. The molecular weight excluding hydrogens is 354 g/mol. The fraction of sp³-hybridized carbons (Fsp3) is 0.364. The minimum Gasteiger partial charge on any atom is -0.496 e. The van der Waals surface area contributed by atoms with E-state index in [-0.39, 0.29) is 18.0 Å². The van der Waals surface area contributed by atoms with Crippen LogP contribution in [0.25, 0.3) is 11.1 Å². The highest BCUT2D eigenvalue weighted by Gasteiger charge is 2.25. The van der Waals surface area contributed by atoms with Gasteiger partial charge in [0.2, 0.25) is 0 Å². The molecule has 3 amide bonds. The number of amides is 3. The van der Waals surface area contributed by atoms with E-state index in [9.17, 15) is 9.59 Å². The van der Waals surface area contributed by atoms with Gasteiger partial charge < -0.3 is 19.9 Å². The van der Waals surface area contributed by atoms with Gasteiger partial charge in [-0.3, -0.25) is 4.79 Å². The summed E-state index contributed by atoms with van der Waals surface area (Å²) in [6.07, 6.45) is 0. The maximum absolute atomic E-state index is 13.0.